The number of nitrogens with zero attached hydrogens (tertiary/aromatic N) is 3. The van der Waals surface area contributed by atoms with E-state index in [1.54, 1.807) is 11.3 Å². The van der Waals surface area contributed by atoms with Crippen LogP contribution in [0, 0.1) is 6.92 Å². The summed E-state index contributed by atoms with van der Waals surface area (Å²) in [5.74, 6) is 8.13. The summed E-state index contributed by atoms with van der Waals surface area (Å²) in [6.45, 7) is 6.84. The predicted octanol–water partition coefficient (Wildman–Crippen LogP) is 3.55. The number of nitrogens with one attached hydrogen (secondary N) is 1. The monoisotopic (exact) mass is 325 g/mol. The van der Waals surface area contributed by atoms with Crippen molar-refractivity contribution in [2.75, 3.05) is 17.4 Å². The van der Waals surface area contributed by atoms with Gasteiger partial charge in [0.2, 0.25) is 0 Å². The van der Waals surface area contributed by atoms with Crippen LogP contribution in [0.4, 0.5) is 11.6 Å². The third kappa shape index (κ3) is 3.64. The average Bonchev–Trinajstić information content (AvgIpc) is 2.83. The highest BCUT2D eigenvalue weighted by molar-refractivity contribution is 7.16. The van der Waals surface area contributed by atoms with Crippen LogP contribution in [0.3, 0.4) is 0 Å². The van der Waals surface area contributed by atoms with Crippen molar-refractivity contribution < 1.29 is 0 Å². The Morgan fingerprint density at radius 2 is 2.10 bits per heavy atom. The number of nitrogens with two attached hydrogens (primary N) is 1. The molecule has 0 aliphatic heterocycles. The third-order valence-electron chi connectivity index (χ3n) is 3.17. The van der Waals surface area contributed by atoms with Gasteiger partial charge < -0.3 is 10.3 Å². The van der Waals surface area contributed by atoms with E-state index in [9.17, 15) is 0 Å². The fourth-order valence-electron chi connectivity index (χ4n) is 2.04. The molecule has 0 radical (unpaired) electrons. The Bertz CT molecular complexity index is 626. The molecule has 21 heavy (non-hydrogen) atoms. The lowest BCUT2D eigenvalue weighted by Crippen LogP contribution is -2.22. The van der Waals surface area contributed by atoms with Crippen molar-refractivity contribution in [3.05, 3.63) is 32.7 Å². The first-order valence-corrected chi connectivity index (χ1v) is 7.92. The van der Waals surface area contributed by atoms with Crippen molar-refractivity contribution >= 4 is 34.6 Å². The molecule has 0 aliphatic carbocycles. The number of hydrogen-bond donors (Lipinski definition) is 2. The van der Waals surface area contributed by atoms with Gasteiger partial charge >= 0.3 is 0 Å². The molecule has 2 heterocycles. The second-order valence-corrected chi connectivity index (χ2v) is 7.04. The van der Waals surface area contributed by atoms with Crippen LogP contribution in [0.25, 0.3) is 0 Å². The molecule has 0 spiro atoms. The van der Waals surface area contributed by atoms with Crippen molar-refractivity contribution in [2.24, 2.45) is 5.84 Å². The maximum atomic E-state index is 5.98. The summed E-state index contributed by atoms with van der Waals surface area (Å²) in [5.41, 5.74) is 3.59. The van der Waals surface area contributed by atoms with E-state index in [2.05, 4.69) is 34.1 Å². The minimum Gasteiger partial charge on any atom is -0.354 e. The van der Waals surface area contributed by atoms with Crippen LogP contribution in [-0.4, -0.2) is 17.0 Å². The molecule has 0 fully saturated rings. The van der Waals surface area contributed by atoms with Gasteiger partial charge in [0.05, 0.1) is 10.9 Å². The number of hydrazine groups is 1. The molecule has 0 saturated heterocycles. The Morgan fingerprint density at radius 3 is 2.62 bits per heavy atom. The zero-order valence-electron chi connectivity index (χ0n) is 12.6. The van der Waals surface area contributed by atoms with E-state index in [1.807, 2.05) is 26.1 Å². The highest BCUT2D eigenvalue weighted by atomic mass is 35.5. The summed E-state index contributed by atoms with van der Waals surface area (Å²) in [7, 11) is 2.01. The van der Waals surface area contributed by atoms with E-state index in [1.165, 1.54) is 4.88 Å². The second-order valence-electron chi connectivity index (χ2n) is 5.24. The molecule has 0 amide bonds. The number of hydrogen-bond acceptors (Lipinski definition) is 6. The Balaban J connectivity index is 2.34. The van der Waals surface area contributed by atoms with E-state index in [-0.39, 0.29) is 5.92 Å². The average molecular weight is 326 g/mol. The molecule has 2 aromatic rings. The summed E-state index contributed by atoms with van der Waals surface area (Å²) in [4.78, 5) is 12.4. The zero-order valence-corrected chi connectivity index (χ0v) is 14.2. The Labute approximate surface area is 134 Å². The highest BCUT2D eigenvalue weighted by Gasteiger charge is 2.16. The molecular formula is C14H20ClN5S. The van der Waals surface area contributed by atoms with E-state index in [4.69, 9.17) is 17.4 Å². The summed E-state index contributed by atoms with van der Waals surface area (Å²) in [5, 5.41) is 0. The first-order valence-electron chi connectivity index (χ1n) is 6.72. The lowest BCUT2D eigenvalue weighted by atomic mass is 10.2. The molecule has 3 N–H and O–H groups in total. The first kappa shape index (κ1) is 16.0. The topological polar surface area (TPSA) is 67.1 Å². The molecule has 0 bridgehead atoms. The van der Waals surface area contributed by atoms with Crippen LogP contribution in [0.5, 0.6) is 0 Å². The number of rotatable bonds is 5. The number of anilines is 2. The van der Waals surface area contributed by atoms with Crippen molar-refractivity contribution in [2.45, 2.75) is 33.2 Å². The number of halogens is 1. The molecule has 7 heteroatoms. The van der Waals surface area contributed by atoms with Crippen LogP contribution >= 0.6 is 22.9 Å². The van der Waals surface area contributed by atoms with Crippen molar-refractivity contribution in [1.82, 2.24) is 9.97 Å². The van der Waals surface area contributed by atoms with Crippen LogP contribution in [0.2, 0.25) is 4.34 Å². The maximum absolute atomic E-state index is 5.98. The van der Waals surface area contributed by atoms with Crippen molar-refractivity contribution in [3.63, 3.8) is 0 Å². The minimum atomic E-state index is 0.237. The maximum Gasteiger partial charge on any atom is 0.148 e. The van der Waals surface area contributed by atoms with E-state index >= 15 is 0 Å². The molecule has 114 valence electrons. The molecule has 0 unspecified atom stereocenters. The molecule has 0 saturated carbocycles. The molecule has 2 aromatic heterocycles. The number of aromatic nitrogens is 2. The Morgan fingerprint density at radius 1 is 1.38 bits per heavy atom. The van der Waals surface area contributed by atoms with Crippen LogP contribution in [0.1, 0.15) is 36.0 Å². The summed E-state index contributed by atoms with van der Waals surface area (Å²) >= 11 is 7.56. The zero-order chi connectivity index (χ0) is 15.6. The normalized spacial score (nSPS) is 11.0. The number of thiophene rings is 1. The SMILES string of the molecule is Cc1c(NN)nc(C(C)C)nc1N(C)Cc1ccc(Cl)s1. The predicted molar refractivity (Wildman–Crippen MR) is 90.1 cm³/mol. The van der Waals surface area contributed by atoms with Gasteiger partial charge in [0.25, 0.3) is 0 Å². The van der Waals surface area contributed by atoms with Gasteiger partial charge in [-0.3, -0.25) is 0 Å². The smallest absolute Gasteiger partial charge is 0.148 e. The van der Waals surface area contributed by atoms with E-state index in [0.29, 0.717) is 5.82 Å². The number of nitrogen functional groups attached to an aromatic ring is 1. The lowest BCUT2D eigenvalue weighted by Gasteiger charge is -2.22. The fourth-order valence-corrected chi connectivity index (χ4v) is 3.18. The fraction of sp³-hybridized carbons (Fsp3) is 0.429. The minimum absolute atomic E-state index is 0.237. The summed E-state index contributed by atoms with van der Waals surface area (Å²) in [6, 6.07) is 3.94. The molecular weight excluding hydrogens is 306 g/mol. The van der Waals surface area contributed by atoms with Crippen molar-refractivity contribution in [3.8, 4) is 0 Å². The van der Waals surface area contributed by atoms with Gasteiger partial charge in [0.1, 0.15) is 17.5 Å². The van der Waals surface area contributed by atoms with Crippen molar-refractivity contribution in [1.29, 1.82) is 0 Å². The Kier molecular flexibility index (Phi) is 5.03. The molecule has 5 nitrogen and oxygen atoms in total. The summed E-state index contributed by atoms with van der Waals surface area (Å²) < 4.78 is 0.796. The molecule has 0 aliphatic rings. The molecule has 2 rings (SSSR count). The standard InChI is InChI=1S/C14H20ClN5S/c1-8(2)12-17-13(19-16)9(3)14(18-12)20(4)7-10-5-6-11(15)21-10/h5-6,8H,7,16H2,1-4H3,(H,17,18,19). The van der Waals surface area contributed by atoms with E-state index in [0.717, 1.165) is 28.1 Å². The third-order valence-corrected chi connectivity index (χ3v) is 4.39. The van der Waals surface area contributed by atoms with Gasteiger partial charge in [-0.2, -0.15) is 0 Å². The quantitative estimate of drug-likeness (QED) is 0.650. The van der Waals surface area contributed by atoms with E-state index < -0.39 is 0 Å². The summed E-state index contributed by atoms with van der Waals surface area (Å²) in [6.07, 6.45) is 0. The van der Waals surface area contributed by atoms with Gasteiger partial charge in [-0.25, -0.2) is 15.8 Å². The molecule has 0 atom stereocenters. The molecule has 0 aromatic carbocycles. The van der Waals surface area contributed by atoms with Crippen LogP contribution < -0.4 is 16.2 Å². The largest absolute Gasteiger partial charge is 0.354 e. The van der Waals surface area contributed by atoms with Crippen LogP contribution in [0.15, 0.2) is 12.1 Å². The second kappa shape index (κ2) is 6.60. The lowest BCUT2D eigenvalue weighted by molar-refractivity contribution is 0.760. The van der Waals surface area contributed by atoms with Gasteiger partial charge in [0, 0.05) is 23.4 Å². The Hall–Kier alpha value is -1.37. The first-order chi connectivity index (χ1) is 9.92. The van der Waals surface area contributed by atoms with Gasteiger partial charge in [-0.15, -0.1) is 11.3 Å². The van der Waals surface area contributed by atoms with Gasteiger partial charge in [0.15, 0.2) is 0 Å². The van der Waals surface area contributed by atoms with Gasteiger partial charge in [-0.05, 0) is 19.1 Å². The van der Waals surface area contributed by atoms with Crippen LogP contribution in [-0.2, 0) is 6.54 Å². The highest BCUT2D eigenvalue weighted by Crippen LogP contribution is 2.28. The van der Waals surface area contributed by atoms with Gasteiger partial charge in [-0.1, -0.05) is 25.4 Å².